The van der Waals surface area contributed by atoms with Gasteiger partial charge in [0, 0.05) is 0 Å². The van der Waals surface area contributed by atoms with Crippen LogP contribution >= 0.6 is 0 Å². The van der Waals surface area contributed by atoms with E-state index < -0.39 is 0 Å². The van der Waals surface area contributed by atoms with Crippen molar-refractivity contribution < 1.29 is 9.13 Å². The van der Waals surface area contributed by atoms with Crippen LogP contribution in [0.2, 0.25) is 0 Å². The molecule has 0 spiro atoms. The van der Waals surface area contributed by atoms with E-state index in [2.05, 4.69) is 25.3 Å². The smallest absolute Gasteiger partial charge is 0.123 e. The van der Waals surface area contributed by atoms with Crippen LogP contribution in [0.5, 0.6) is 5.75 Å². The minimum Gasteiger partial charge on any atom is -0.493 e. The van der Waals surface area contributed by atoms with Crippen LogP contribution in [0.3, 0.4) is 0 Å². The van der Waals surface area contributed by atoms with Crippen molar-refractivity contribution in [1.82, 2.24) is 0 Å². The maximum Gasteiger partial charge on any atom is 0.123 e. The lowest BCUT2D eigenvalue weighted by Gasteiger charge is -2.18. The van der Waals surface area contributed by atoms with Crippen molar-refractivity contribution in [2.45, 2.75) is 25.7 Å². The number of benzene rings is 2. The Kier molecular flexibility index (Phi) is 4.61. The molecule has 1 heterocycles. The zero-order chi connectivity index (χ0) is 16.2. The second-order valence-corrected chi connectivity index (χ2v) is 5.99. The summed E-state index contributed by atoms with van der Waals surface area (Å²) in [7, 11) is 0. The summed E-state index contributed by atoms with van der Waals surface area (Å²) in [4.78, 5) is 0. The van der Waals surface area contributed by atoms with Crippen molar-refractivity contribution in [3.63, 3.8) is 0 Å². The number of aryl methyl sites for hydroxylation is 1. The Morgan fingerprint density at radius 1 is 0.957 bits per heavy atom. The monoisotopic (exact) mass is 308 g/mol. The van der Waals surface area contributed by atoms with Crippen molar-refractivity contribution >= 4 is 11.1 Å². The highest BCUT2D eigenvalue weighted by Gasteiger charge is 2.11. The maximum atomic E-state index is 13.0. The predicted octanol–water partition coefficient (Wildman–Crippen LogP) is 5.66. The van der Waals surface area contributed by atoms with E-state index in [1.54, 1.807) is 12.1 Å². The van der Waals surface area contributed by atoms with Crippen molar-refractivity contribution in [1.29, 1.82) is 0 Å². The molecular formula is C21H21FO. The average molecular weight is 308 g/mol. The van der Waals surface area contributed by atoms with E-state index in [0.29, 0.717) is 0 Å². The predicted molar refractivity (Wildman–Crippen MR) is 94.0 cm³/mol. The Balaban J connectivity index is 1.63. The highest BCUT2D eigenvalue weighted by molar-refractivity contribution is 5.69. The van der Waals surface area contributed by atoms with Gasteiger partial charge < -0.3 is 4.74 Å². The van der Waals surface area contributed by atoms with Crippen LogP contribution in [0.25, 0.3) is 11.1 Å². The second-order valence-electron chi connectivity index (χ2n) is 5.99. The Morgan fingerprint density at radius 3 is 2.35 bits per heavy atom. The Labute approximate surface area is 137 Å². The molecule has 1 aliphatic rings. The van der Waals surface area contributed by atoms with E-state index in [4.69, 9.17) is 4.74 Å². The third-order valence-corrected chi connectivity index (χ3v) is 4.30. The highest BCUT2D eigenvalue weighted by Crippen LogP contribution is 2.30. The summed E-state index contributed by atoms with van der Waals surface area (Å²) in [6.07, 6.45) is 3.80. The molecule has 0 N–H and O–H groups in total. The summed E-state index contributed by atoms with van der Waals surface area (Å²) < 4.78 is 18.6. The lowest BCUT2D eigenvalue weighted by atomic mass is 9.94. The molecule has 0 aromatic heterocycles. The third kappa shape index (κ3) is 3.70. The van der Waals surface area contributed by atoms with E-state index in [1.165, 1.54) is 23.3 Å². The Morgan fingerprint density at radius 2 is 1.61 bits per heavy atom. The molecule has 23 heavy (non-hydrogen) atoms. The molecule has 1 aliphatic heterocycles. The molecule has 0 unspecified atom stereocenters. The van der Waals surface area contributed by atoms with Crippen molar-refractivity contribution in [2.24, 2.45) is 0 Å². The SMILES string of the molecule is C=C(CCC(=C)c1ccc2c(c1)CCCO2)c1ccc(F)cc1. The first kappa shape index (κ1) is 15.5. The minimum absolute atomic E-state index is 0.220. The normalized spacial score (nSPS) is 13.1. The molecule has 0 saturated heterocycles. The quantitative estimate of drug-likeness (QED) is 0.692. The second kappa shape index (κ2) is 6.82. The van der Waals surface area contributed by atoms with Gasteiger partial charge in [-0.2, -0.15) is 0 Å². The molecule has 1 nitrogen and oxygen atoms in total. The number of hydrogen-bond donors (Lipinski definition) is 0. The molecule has 0 atom stereocenters. The molecule has 0 aliphatic carbocycles. The molecule has 0 amide bonds. The van der Waals surface area contributed by atoms with Gasteiger partial charge in [0.1, 0.15) is 11.6 Å². The van der Waals surface area contributed by atoms with Crippen LogP contribution < -0.4 is 4.74 Å². The van der Waals surface area contributed by atoms with Crippen LogP contribution in [0.15, 0.2) is 55.6 Å². The fourth-order valence-electron chi connectivity index (χ4n) is 2.86. The zero-order valence-corrected chi connectivity index (χ0v) is 13.3. The molecule has 0 fully saturated rings. The summed E-state index contributed by atoms with van der Waals surface area (Å²) >= 11 is 0. The van der Waals surface area contributed by atoms with Gasteiger partial charge in [0.2, 0.25) is 0 Å². The standard InChI is InChI=1S/C21H21FO/c1-15(17-7-10-20(22)11-8-17)5-6-16(2)18-9-12-21-19(14-18)4-3-13-23-21/h7-12,14H,1-6,13H2. The lowest BCUT2D eigenvalue weighted by Crippen LogP contribution is -2.08. The molecule has 2 heteroatoms. The van der Waals surface area contributed by atoms with Gasteiger partial charge in [-0.1, -0.05) is 31.4 Å². The summed E-state index contributed by atoms with van der Waals surface area (Å²) in [5.74, 6) is 0.783. The number of rotatable bonds is 5. The molecule has 2 aromatic carbocycles. The van der Waals surface area contributed by atoms with Gasteiger partial charge >= 0.3 is 0 Å². The maximum absolute atomic E-state index is 13.0. The van der Waals surface area contributed by atoms with E-state index in [9.17, 15) is 4.39 Å². The van der Waals surface area contributed by atoms with Crippen LogP contribution in [-0.2, 0) is 6.42 Å². The molecule has 0 radical (unpaired) electrons. The van der Waals surface area contributed by atoms with Gasteiger partial charge in [-0.3, -0.25) is 0 Å². The molecular weight excluding hydrogens is 287 g/mol. The number of allylic oxidation sites excluding steroid dienone is 2. The number of hydrogen-bond acceptors (Lipinski definition) is 1. The first-order valence-electron chi connectivity index (χ1n) is 8.01. The Bertz CT molecular complexity index is 728. The van der Waals surface area contributed by atoms with E-state index in [-0.39, 0.29) is 5.82 Å². The van der Waals surface area contributed by atoms with Gasteiger partial charge in [0.25, 0.3) is 0 Å². The zero-order valence-electron chi connectivity index (χ0n) is 13.3. The number of fused-ring (bicyclic) bond motifs is 1. The van der Waals surface area contributed by atoms with Crippen molar-refractivity contribution in [2.75, 3.05) is 6.61 Å². The van der Waals surface area contributed by atoms with Gasteiger partial charge in [0.15, 0.2) is 0 Å². The van der Waals surface area contributed by atoms with Crippen molar-refractivity contribution in [3.05, 3.63) is 78.1 Å². The average Bonchev–Trinajstić information content (AvgIpc) is 2.59. The molecule has 2 aromatic rings. The molecule has 118 valence electrons. The van der Waals surface area contributed by atoms with E-state index in [1.807, 2.05) is 6.07 Å². The highest BCUT2D eigenvalue weighted by atomic mass is 19.1. The largest absolute Gasteiger partial charge is 0.493 e. The fourth-order valence-corrected chi connectivity index (χ4v) is 2.86. The van der Waals surface area contributed by atoms with Crippen LogP contribution in [0, 0.1) is 5.82 Å². The van der Waals surface area contributed by atoms with Gasteiger partial charge in [0.05, 0.1) is 6.61 Å². The molecule has 0 saturated carbocycles. The molecule has 0 bridgehead atoms. The van der Waals surface area contributed by atoms with Gasteiger partial charge in [-0.25, -0.2) is 4.39 Å². The fraction of sp³-hybridized carbons (Fsp3) is 0.238. The first-order chi connectivity index (χ1) is 11.1. The summed E-state index contributed by atoms with van der Waals surface area (Å²) in [5.41, 5.74) is 5.53. The summed E-state index contributed by atoms with van der Waals surface area (Å²) in [6, 6.07) is 12.8. The number of ether oxygens (including phenoxy) is 1. The molecule has 3 rings (SSSR count). The lowest BCUT2D eigenvalue weighted by molar-refractivity contribution is 0.288. The minimum atomic E-state index is -0.220. The van der Waals surface area contributed by atoms with Crippen molar-refractivity contribution in [3.8, 4) is 5.75 Å². The van der Waals surface area contributed by atoms with Crippen LogP contribution in [-0.4, -0.2) is 6.61 Å². The van der Waals surface area contributed by atoms with Gasteiger partial charge in [-0.15, -0.1) is 0 Å². The van der Waals surface area contributed by atoms with E-state index in [0.717, 1.165) is 54.7 Å². The van der Waals surface area contributed by atoms with E-state index >= 15 is 0 Å². The number of halogens is 1. The third-order valence-electron chi connectivity index (χ3n) is 4.30. The van der Waals surface area contributed by atoms with Gasteiger partial charge in [-0.05, 0) is 77.8 Å². The Hall–Kier alpha value is -2.35. The summed E-state index contributed by atoms with van der Waals surface area (Å²) in [5, 5.41) is 0. The topological polar surface area (TPSA) is 9.23 Å². The van der Waals surface area contributed by atoms with Crippen LogP contribution in [0.4, 0.5) is 4.39 Å². The summed E-state index contributed by atoms with van der Waals surface area (Å²) in [6.45, 7) is 9.13. The van der Waals surface area contributed by atoms with Crippen LogP contribution in [0.1, 0.15) is 36.0 Å². The first-order valence-corrected chi connectivity index (χ1v) is 8.01.